The number of amides is 1. The van der Waals surface area contributed by atoms with Crippen LogP contribution in [-0.2, 0) is 4.84 Å². The van der Waals surface area contributed by atoms with Crippen molar-refractivity contribution < 1.29 is 9.63 Å². The fourth-order valence-electron chi connectivity index (χ4n) is 3.63. The summed E-state index contributed by atoms with van der Waals surface area (Å²) in [6.07, 6.45) is 8.92. The lowest BCUT2D eigenvalue weighted by atomic mass is 10.2. The third-order valence-electron chi connectivity index (χ3n) is 5.43. The lowest BCUT2D eigenvalue weighted by Crippen LogP contribution is -2.30. The number of likely N-dealkylation sites (tertiary alicyclic amines) is 1. The van der Waals surface area contributed by atoms with Crippen LogP contribution in [0.1, 0.15) is 62.7 Å². The number of carbonyl (C=O) groups excluding carboxylic acids is 1. The number of hydrogen-bond acceptors (Lipinski definition) is 7. The fourth-order valence-corrected chi connectivity index (χ4v) is 4.27. The van der Waals surface area contributed by atoms with Crippen LogP contribution in [0.4, 0.5) is 5.69 Å². The fraction of sp³-hybridized carbons (Fsp3) is 0.538. The van der Waals surface area contributed by atoms with Crippen molar-refractivity contribution in [1.29, 1.82) is 5.26 Å². The number of hydrogen-bond donors (Lipinski definition) is 2. The highest BCUT2D eigenvalue weighted by Gasteiger charge is 2.10. The number of thioether (sulfide) groups is 1. The molecule has 1 heterocycles. The minimum absolute atomic E-state index is 0.0652. The number of nitrogens with one attached hydrogen (secondary N) is 2. The van der Waals surface area contributed by atoms with E-state index in [0.717, 1.165) is 31.6 Å². The minimum Gasteiger partial charge on any atom is -0.397 e. The molecule has 1 aliphatic rings. The SMILES string of the molecule is CCCN(C)O/C(=C\Nc1cccc(C(=O)NCCCN2CCCCCC2)c1)S/C=C(\C)C#N. The van der Waals surface area contributed by atoms with Crippen molar-refractivity contribution in [3.8, 4) is 6.07 Å². The third kappa shape index (κ3) is 11.1. The van der Waals surface area contributed by atoms with Crippen LogP contribution in [0.25, 0.3) is 0 Å². The first kappa shape index (κ1) is 27.8. The number of benzene rings is 1. The Labute approximate surface area is 209 Å². The predicted molar refractivity (Wildman–Crippen MR) is 141 cm³/mol. The molecule has 0 saturated carbocycles. The Balaban J connectivity index is 1.90. The number of allylic oxidation sites excluding steroid dienone is 1. The summed E-state index contributed by atoms with van der Waals surface area (Å²) in [6.45, 7) is 8.70. The van der Waals surface area contributed by atoms with Crippen molar-refractivity contribution in [2.75, 3.05) is 45.1 Å². The van der Waals surface area contributed by atoms with Crippen LogP contribution in [0.15, 0.2) is 46.5 Å². The van der Waals surface area contributed by atoms with Crippen LogP contribution in [0.5, 0.6) is 0 Å². The molecule has 0 radical (unpaired) electrons. The smallest absolute Gasteiger partial charge is 0.251 e. The Morgan fingerprint density at radius 2 is 2.06 bits per heavy atom. The van der Waals surface area contributed by atoms with E-state index in [0.29, 0.717) is 22.8 Å². The van der Waals surface area contributed by atoms with Gasteiger partial charge in [-0.2, -0.15) is 5.26 Å². The lowest BCUT2D eigenvalue weighted by molar-refractivity contribution is -0.0842. The summed E-state index contributed by atoms with van der Waals surface area (Å²) >= 11 is 1.33. The quantitative estimate of drug-likeness (QED) is 0.169. The second kappa shape index (κ2) is 16.2. The van der Waals surface area contributed by atoms with E-state index in [-0.39, 0.29) is 5.91 Å². The molecule has 1 amide bonds. The maximum atomic E-state index is 12.6. The summed E-state index contributed by atoms with van der Waals surface area (Å²) in [4.78, 5) is 21.0. The predicted octanol–water partition coefficient (Wildman–Crippen LogP) is 5.33. The third-order valence-corrected chi connectivity index (χ3v) is 6.33. The molecule has 1 fully saturated rings. The second-order valence-corrected chi connectivity index (χ2v) is 9.40. The number of nitrogens with zero attached hydrogens (tertiary/aromatic N) is 3. The van der Waals surface area contributed by atoms with E-state index >= 15 is 0 Å². The molecule has 0 bridgehead atoms. The van der Waals surface area contributed by atoms with Crippen molar-refractivity contribution in [3.05, 3.63) is 52.1 Å². The Morgan fingerprint density at radius 1 is 1.29 bits per heavy atom. The van der Waals surface area contributed by atoms with Gasteiger partial charge in [0.15, 0.2) is 0 Å². The average molecular weight is 486 g/mol. The molecule has 7 nitrogen and oxygen atoms in total. The monoisotopic (exact) mass is 485 g/mol. The van der Waals surface area contributed by atoms with Crippen molar-refractivity contribution in [1.82, 2.24) is 15.3 Å². The van der Waals surface area contributed by atoms with Crippen LogP contribution in [0, 0.1) is 11.3 Å². The average Bonchev–Trinajstić information content (AvgIpc) is 3.12. The maximum absolute atomic E-state index is 12.6. The number of hydroxylamine groups is 2. The van der Waals surface area contributed by atoms with E-state index < -0.39 is 0 Å². The van der Waals surface area contributed by atoms with Crippen molar-refractivity contribution in [3.63, 3.8) is 0 Å². The normalized spacial score (nSPS) is 15.5. The van der Waals surface area contributed by atoms with Gasteiger partial charge in [-0.15, -0.1) is 5.06 Å². The highest BCUT2D eigenvalue weighted by Crippen LogP contribution is 2.22. The Kier molecular flexibility index (Phi) is 13.2. The zero-order valence-electron chi connectivity index (χ0n) is 20.8. The molecule has 1 saturated heterocycles. The molecule has 1 aliphatic heterocycles. The maximum Gasteiger partial charge on any atom is 0.251 e. The van der Waals surface area contributed by atoms with Gasteiger partial charge < -0.3 is 20.4 Å². The number of nitriles is 1. The number of rotatable bonds is 13. The van der Waals surface area contributed by atoms with Crippen molar-refractivity contribution in [2.24, 2.45) is 0 Å². The van der Waals surface area contributed by atoms with E-state index in [1.807, 2.05) is 31.3 Å². The van der Waals surface area contributed by atoms with Gasteiger partial charge in [-0.3, -0.25) is 4.79 Å². The number of anilines is 1. The van der Waals surface area contributed by atoms with Gasteiger partial charge in [-0.1, -0.05) is 37.6 Å². The van der Waals surface area contributed by atoms with Crippen LogP contribution >= 0.6 is 11.8 Å². The van der Waals surface area contributed by atoms with Gasteiger partial charge in [0, 0.05) is 37.0 Å². The molecule has 186 valence electrons. The molecule has 0 atom stereocenters. The zero-order valence-corrected chi connectivity index (χ0v) is 21.6. The van der Waals surface area contributed by atoms with E-state index in [2.05, 4.69) is 28.5 Å². The molecule has 2 rings (SSSR count). The largest absolute Gasteiger partial charge is 0.397 e. The Morgan fingerprint density at radius 3 is 2.76 bits per heavy atom. The highest BCUT2D eigenvalue weighted by molar-refractivity contribution is 8.05. The molecule has 0 unspecified atom stereocenters. The first-order chi connectivity index (χ1) is 16.5. The van der Waals surface area contributed by atoms with Gasteiger partial charge >= 0.3 is 0 Å². The molecule has 8 heteroatoms. The molecule has 2 N–H and O–H groups in total. The van der Waals surface area contributed by atoms with Crippen LogP contribution in [-0.4, -0.2) is 55.6 Å². The summed E-state index contributed by atoms with van der Waals surface area (Å²) in [5.74, 6) is -0.0652. The molecule has 0 aromatic heterocycles. The Bertz CT molecular complexity index is 857. The van der Waals surface area contributed by atoms with Gasteiger partial charge in [-0.05, 0) is 75.8 Å². The van der Waals surface area contributed by atoms with Gasteiger partial charge in [0.25, 0.3) is 5.91 Å². The summed E-state index contributed by atoms with van der Waals surface area (Å²) in [6, 6.07) is 9.52. The molecular weight excluding hydrogens is 446 g/mol. The van der Waals surface area contributed by atoms with Gasteiger partial charge in [0.1, 0.15) is 0 Å². The molecule has 0 spiro atoms. The Hall–Kier alpha value is -2.47. The van der Waals surface area contributed by atoms with E-state index in [9.17, 15) is 4.79 Å². The topological polar surface area (TPSA) is 80.6 Å². The van der Waals surface area contributed by atoms with E-state index in [1.54, 1.807) is 23.6 Å². The summed E-state index contributed by atoms with van der Waals surface area (Å²) in [7, 11) is 1.87. The molecule has 1 aromatic carbocycles. The first-order valence-corrected chi connectivity index (χ1v) is 13.1. The summed E-state index contributed by atoms with van der Waals surface area (Å²) < 4.78 is 0. The van der Waals surface area contributed by atoms with Crippen LogP contribution < -0.4 is 10.6 Å². The molecule has 0 aliphatic carbocycles. The summed E-state index contributed by atoms with van der Waals surface area (Å²) in [5, 5.41) is 19.4. The van der Waals surface area contributed by atoms with E-state index in [1.165, 1.54) is 50.5 Å². The number of carbonyl (C=O) groups is 1. The lowest BCUT2D eigenvalue weighted by Gasteiger charge is -2.19. The van der Waals surface area contributed by atoms with Crippen molar-refractivity contribution in [2.45, 2.75) is 52.4 Å². The highest BCUT2D eigenvalue weighted by atomic mass is 32.2. The summed E-state index contributed by atoms with van der Waals surface area (Å²) in [5.41, 5.74) is 2.01. The minimum atomic E-state index is -0.0652. The van der Waals surface area contributed by atoms with E-state index in [4.69, 9.17) is 10.1 Å². The van der Waals surface area contributed by atoms with Crippen molar-refractivity contribution >= 4 is 23.4 Å². The second-order valence-electron chi connectivity index (χ2n) is 8.53. The van der Waals surface area contributed by atoms with Crippen LogP contribution in [0.2, 0.25) is 0 Å². The molecule has 34 heavy (non-hydrogen) atoms. The van der Waals surface area contributed by atoms with Crippen LogP contribution in [0.3, 0.4) is 0 Å². The van der Waals surface area contributed by atoms with Gasteiger partial charge in [0.2, 0.25) is 5.09 Å². The zero-order chi connectivity index (χ0) is 24.6. The molecular formula is C26H39N5O2S. The standard InChI is InChI=1S/C26H39N5O2S/c1-4-14-30(3)33-25(34-21-22(2)19-27)20-29-24-12-9-11-23(18-24)26(32)28-13-10-17-31-15-7-5-6-8-16-31/h9,11-12,18,20-21,29H,4-8,10,13-17H2,1-3H3,(H,28,32)/b22-21+,25-20+. The first-order valence-electron chi connectivity index (χ1n) is 12.2. The van der Waals surface area contributed by atoms with Gasteiger partial charge in [0.05, 0.1) is 12.3 Å². The molecule has 1 aromatic rings. The van der Waals surface area contributed by atoms with Gasteiger partial charge in [-0.25, -0.2) is 0 Å².